The molecule has 0 unspecified atom stereocenters. The zero-order chi connectivity index (χ0) is 6.81. The van der Waals surface area contributed by atoms with Gasteiger partial charge in [-0.3, -0.25) is 4.90 Å². The van der Waals surface area contributed by atoms with Crippen LogP contribution in [0.3, 0.4) is 0 Å². The molecule has 0 aromatic carbocycles. The van der Waals surface area contributed by atoms with E-state index in [1.54, 1.807) is 0 Å². The molecule has 2 heterocycles. The second kappa shape index (κ2) is 2.72. The average Bonchev–Trinajstić information content (AvgIpc) is 2.29. The van der Waals surface area contributed by atoms with E-state index in [1.165, 1.54) is 30.9 Å². The Bertz CT molecular complexity index is 189. The number of hydrogen-bond acceptors (Lipinski definition) is 2. The van der Waals surface area contributed by atoms with Crippen LogP contribution in [0.1, 0.15) is 11.3 Å². The van der Waals surface area contributed by atoms with E-state index >= 15 is 0 Å². The number of hydrogen-bond donors (Lipinski definition) is 0. The summed E-state index contributed by atoms with van der Waals surface area (Å²) in [6.45, 7) is 3.79. The molecule has 54 valence electrons. The molecule has 1 nitrogen and oxygen atoms in total. The van der Waals surface area contributed by atoms with Crippen molar-refractivity contribution in [3.63, 3.8) is 0 Å². The summed E-state index contributed by atoms with van der Waals surface area (Å²) in [5, 5.41) is 2.15. The zero-order valence-corrected chi connectivity index (χ0v) is 6.73. The molecular weight excluding hydrogens is 142 g/mol. The largest absolute Gasteiger partial charge is 0.298 e. The Kier molecular flexibility index (Phi) is 1.74. The molecule has 1 aromatic heterocycles. The van der Waals surface area contributed by atoms with Crippen molar-refractivity contribution in [2.45, 2.75) is 13.0 Å². The van der Waals surface area contributed by atoms with E-state index in [9.17, 15) is 0 Å². The van der Waals surface area contributed by atoms with Crippen molar-refractivity contribution in [2.75, 3.05) is 13.1 Å². The van der Waals surface area contributed by atoms with Crippen LogP contribution in [0.15, 0.2) is 17.5 Å². The van der Waals surface area contributed by atoms with Gasteiger partial charge in [-0.2, -0.15) is 0 Å². The molecule has 0 spiro atoms. The first kappa shape index (κ1) is 6.38. The maximum absolute atomic E-state index is 2.48. The number of nitrogens with zero attached hydrogens (tertiary/aromatic N) is 1. The van der Waals surface area contributed by atoms with Gasteiger partial charge in [-0.1, -0.05) is 6.07 Å². The molecule has 2 heteroatoms. The lowest BCUT2D eigenvalue weighted by atomic mass is 10.2. The van der Waals surface area contributed by atoms with Crippen LogP contribution in [0, 0.1) is 0 Å². The molecule has 1 aliphatic heterocycles. The Morgan fingerprint density at radius 3 is 2.90 bits per heavy atom. The van der Waals surface area contributed by atoms with Crippen molar-refractivity contribution >= 4 is 11.3 Å². The van der Waals surface area contributed by atoms with Crippen molar-refractivity contribution in [3.8, 4) is 0 Å². The first-order chi connectivity index (χ1) is 4.95. The zero-order valence-electron chi connectivity index (χ0n) is 5.92. The topological polar surface area (TPSA) is 3.24 Å². The van der Waals surface area contributed by atoms with Gasteiger partial charge in [-0.15, -0.1) is 11.3 Å². The van der Waals surface area contributed by atoms with Crippen LogP contribution in [0.2, 0.25) is 0 Å². The highest BCUT2D eigenvalue weighted by atomic mass is 32.1. The molecule has 0 amide bonds. The summed E-state index contributed by atoms with van der Waals surface area (Å²) in [5.41, 5.74) is 0. The highest BCUT2D eigenvalue weighted by Gasteiger charge is 2.13. The van der Waals surface area contributed by atoms with Crippen LogP contribution in [-0.4, -0.2) is 18.0 Å². The third kappa shape index (κ3) is 1.22. The fourth-order valence-corrected chi connectivity index (χ4v) is 1.91. The summed E-state index contributed by atoms with van der Waals surface area (Å²) in [5.74, 6) is 0. The van der Waals surface area contributed by atoms with Crippen LogP contribution in [0.4, 0.5) is 0 Å². The van der Waals surface area contributed by atoms with Gasteiger partial charge < -0.3 is 0 Å². The molecule has 0 atom stereocenters. The Morgan fingerprint density at radius 2 is 2.40 bits per heavy atom. The minimum absolute atomic E-state index is 1.18. The lowest BCUT2D eigenvalue weighted by Crippen LogP contribution is -2.35. The molecule has 1 aromatic rings. The Hall–Kier alpha value is -0.340. The van der Waals surface area contributed by atoms with Crippen LogP contribution >= 0.6 is 11.3 Å². The third-order valence-electron chi connectivity index (χ3n) is 1.91. The fourth-order valence-electron chi connectivity index (χ4n) is 1.16. The minimum atomic E-state index is 1.18. The predicted octanol–water partition coefficient (Wildman–Crippen LogP) is 1.95. The monoisotopic (exact) mass is 153 g/mol. The lowest BCUT2D eigenvalue weighted by molar-refractivity contribution is 0.174. The molecule has 10 heavy (non-hydrogen) atoms. The summed E-state index contributed by atoms with van der Waals surface area (Å²) in [4.78, 5) is 3.98. The first-order valence-corrected chi connectivity index (χ1v) is 4.58. The van der Waals surface area contributed by atoms with Gasteiger partial charge in [0.25, 0.3) is 0 Å². The maximum Gasteiger partial charge on any atom is 0.0327 e. The van der Waals surface area contributed by atoms with Gasteiger partial charge >= 0.3 is 0 Å². The molecule has 1 saturated heterocycles. The lowest BCUT2D eigenvalue weighted by Gasteiger charge is -2.29. The van der Waals surface area contributed by atoms with Crippen LogP contribution in [0.5, 0.6) is 0 Å². The van der Waals surface area contributed by atoms with E-state index in [0.29, 0.717) is 0 Å². The van der Waals surface area contributed by atoms with E-state index in [-0.39, 0.29) is 0 Å². The van der Waals surface area contributed by atoms with Gasteiger partial charge in [0.2, 0.25) is 0 Å². The first-order valence-electron chi connectivity index (χ1n) is 3.70. The van der Waals surface area contributed by atoms with Crippen molar-refractivity contribution < 1.29 is 0 Å². The van der Waals surface area contributed by atoms with Gasteiger partial charge in [0.05, 0.1) is 0 Å². The molecule has 0 saturated carbocycles. The molecule has 0 bridgehead atoms. The van der Waals surface area contributed by atoms with E-state index in [4.69, 9.17) is 0 Å². The van der Waals surface area contributed by atoms with E-state index in [0.717, 1.165) is 0 Å². The molecule has 0 radical (unpaired) electrons. The van der Waals surface area contributed by atoms with Gasteiger partial charge in [-0.05, 0) is 31.0 Å². The number of likely N-dealkylation sites (tertiary alicyclic amines) is 1. The second-order valence-corrected chi connectivity index (χ2v) is 3.74. The summed E-state index contributed by atoms with van der Waals surface area (Å²) in [7, 11) is 0. The molecule has 2 rings (SSSR count). The molecule has 1 fully saturated rings. The molecular formula is C8H11NS. The third-order valence-corrected chi connectivity index (χ3v) is 2.77. The normalized spacial score (nSPS) is 18.8. The fraction of sp³-hybridized carbons (Fsp3) is 0.500. The second-order valence-electron chi connectivity index (χ2n) is 2.71. The van der Waals surface area contributed by atoms with Crippen molar-refractivity contribution in [2.24, 2.45) is 0 Å². The van der Waals surface area contributed by atoms with E-state index < -0.39 is 0 Å². The Morgan fingerprint density at radius 1 is 1.50 bits per heavy atom. The van der Waals surface area contributed by atoms with Crippen LogP contribution in [0.25, 0.3) is 0 Å². The van der Waals surface area contributed by atoms with Gasteiger partial charge in [0.1, 0.15) is 0 Å². The minimum Gasteiger partial charge on any atom is -0.298 e. The summed E-state index contributed by atoms with van der Waals surface area (Å²) >= 11 is 1.86. The molecule has 1 aliphatic rings. The smallest absolute Gasteiger partial charge is 0.0327 e. The SMILES string of the molecule is c1csc(CN2CCC2)c1. The van der Waals surface area contributed by atoms with E-state index in [2.05, 4.69) is 22.4 Å². The summed E-state index contributed by atoms with van der Waals surface area (Å²) < 4.78 is 0. The standard InChI is InChI=1S/C8H11NS/c1-3-8(10-6-1)7-9-4-2-5-9/h1,3,6H,2,4-5,7H2. The highest BCUT2D eigenvalue weighted by Crippen LogP contribution is 2.15. The predicted molar refractivity (Wildman–Crippen MR) is 44.2 cm³/mol. The molecule has 0 aliphatic carbocycles. The van der Waals surface area contributed by atoms with Crippen molar-refractivity contribution in [1.82, 2.24) is 4.90 Å². The van der Waals surface area contributed by atoms with Crippen LogP contribution in [-0.2, 0) is 6.54 Å². The number of rotatable bonds is 2. The van der Waals surface area contributed by atoms with Gasteiger partial charge in [0.15, 0.2) is 0 Å². The molecule has 0 N–H and O–H groups in total. The quantitative estimate of drug-likeness (QED) is 0.627. The Balaban J connectivity index is 1.90. The maximum atomic E-state index is 2.48. The van der Waals surface area contributed by atoms with Crippen molar-refractivity contribution in [1.29, 1.82) is 0 Å². The van der Waals surface area contributed by atoms with Gasteiger partial charge in [-0.25, -0.2) is 0 Å². The summed E-state index contributed by atoms with van der Waals surface area (Å²) in [6, 6.07) is 4.34. The summed E-state index contributed by atoms with van der Waals surface area (Å²) in [6.07, 6.45) is 1.39. The Labute approximate surface area is 65.3 Å². The van der Waals surface area contributed by atoms with Crippen molar-refractivity contribution in [3.05, 3.63) is 22.4 Å². The van der Waals surface area contributed by atoms with E-state index in [1.807, 2.05) is 11.3 Å². The van der Waals surface area contributed by atoms with Crippen LogP contribution < -0.4 is 0 Å². The highest BCUT2D eigenvalue weighted by molar-refractivity contribution is 7.09. The average molecular weight is 153 g/mol. The van der Waals surface area contributed by atoms with Gasteiger partial charge in [0, 0.05) is 11.4 Å². The number of thiophene rings is 1.